The number of carbonyl (C=O) groups is 2. The van der Waals surface area contributed by atoms with Crippen LogP contribution in [0, 0.1) is 6.92 Å². The molecule has 45 heavy (non-hydrogen) atoms. The first kappa shape index (κ1) is 29.7. The lowest BCUT2D eigenvalue weighted by Gasteiger charge is -2.09. The lowest BCUT2D eigenvalue weighted by molar-refractivity contribution is 0.102. The number of nitrogens with two attached hydrogens (primary N) is 1. The van der Waals surface area contributed by atoms with E-state index in [0.717, 1.165) is 33.3 Å². The Kier molecular flexibility index (Phi) is 8.41. The molecule has 6 heteroatoms. The molecule has 4 aromatic carbocycles. The van der Waals surface area contributed by atoms with Crippen LogP contribution in [0.2, 0.25) is 0 Å². The van der Waals surface area contributed by atoms with Gasteiger partial charge in [-0.3, -0.25) is 9.59 Å². The number of hydrogen-bond acceptors (Lipinski definition) is 5. The van der Waals surface area contributed by atoms with Gasteiger partial charge in [0.25, 0.3) is 5.91 Å². The highest BCUT2D eigenvalue weighted by Crippen LogP contribution is 2.41. The van der Waals surface area contributed by atoms with Crippen molar-refractivity contribution in [1.82, 2.24) is 4.98 Å². The van der Waals surface area contributed by atoms with E-state index in [1.165, 1.54) is 22.5 Å². The molecule has 0 spiro atoms. The van der Waals surface area contributed by atoms with Gasteiger partial charge in [0.15, 0.2) is 5.78 Å². The summed E-state index contributed by atoms with van der Waals surface area (Å²) in [4.78, 5) is 32.3. The van der Waals surface area contributed by atoms with Crippen LogP contribution in [0.4, 0.5) is 11.4 Å². The average molecular weight is 608 g/mol. The number of benzene rings is 4. The van der Waals surface area contributed by atoms with Gasteiger partial charge in [0.05, 0.1) is 11.4 Å². The number of hydrogen-bond donors (Lipinski definition) is 2. The second-order valence-corrected chi connectivity index (χ2v) is 12.4. The number of nitrogen functional groups attached to an aromatic ring is 1. The van der Waals surface area contributed by atoms with E-state index in [1.54, 1.807) is 30.3 Å². The minimum absolute atomic E-state index is 0.113. The number of rotatable bonds is 8. The second-order valence-electron chi connectivity index (χ2n) is 11.4. The molecule has 0 radical (unpaired) electrons. The van der Waals surface area contributed by atoms with Crippen molar-refractivity contribution in [2.24, 2.45) is 0 Å². The van der Waals surface area contributed by atoms with E-state index in [4.69, 9.17) is 10.7 Å². The monoisotopic (exact) mass is 607 g/mol. The highest BCUT2D eigenvalue weighted by Gasteiger charge is 2.22. The van der Waals surface area contributed by atoms with Crippen LogP contribution in [0.5, 0.6) is 0 Å². The molecule has 0 unspecified atom stereocenters. The average Bonchev–Trinajstić information content (AvgIpc) is 3.40. The zero-order valence-corrected chi connectivity index (χ0v) is 26.2. The normalized spacial score (nSPS) is 11.4. The Morgan fingerprint density at radius 1 is 0.844 bits per heavy atom. The molecule has 6 aromatic rings. The summed E-state index contributed by atoms with van der Waals surface area (Å²) in [6.45, 7) is 6.36. The van der Waals surface area contributed by atoms with E-state index < -0.39 is 0 Å². The molecule has 0 saturated heterocycles. The summed E-state index contributed by atoms with van der Waals surface area (Å²) in [5, 5.41) is 3.71. The first-order valence-electron chi connectivity index (χ1n) is 14.9. The van der Waals surface area contributed by atoms with Crippen molar-refractivity contribution < 1.29 is 9.59 Å². The Bertz CT molecular complexity index is 2020. The molecule has 0 atom stereocenters. The number of nitrogens with zero attached hydrogens (tertiary/aromatic N) is 1. The van der Waals surface area contributed by atoms with Gasteiger partial charge in [-0.1, -0.05) is 104 Å². The van der Waals surface area contributed by atoms with Gasteiger partial charge in [-0.2, -0.15) is 0 Å². The van der Waals surface area contributed by atoms with Gasteiger partial charge in [0, 0.05) is 22.2 Å². The van der Waals surface area contributed by atoms with Crippen molar-refractivity contribution in [3.8, 4) is 22.4 Å². The van der Waals surface area contributed by atoms with E-state index in [0.29, 0.717) is 32.6 Å². The summed E-state index contributed by atoms with van der Waals surface area (Å²) in [5.74, 6) is 0.0213. The number of nitrogens with one attached hydrogen (secondary N) is 1. The first-order valence-corrected chi connectivity index (χ1v) is 15.7. The topological polar surface area (TPSA) is 85.1 Å². The molecule has 2 aromatic heterocycles. The maximum atomic E-state index is 13.5. The molecule has 0 aliphatic carbocycles. The Balaban J connectivity index is 1.24. The molecule has 1 amide bonds. The summed E-state index contributed by atoms with van der Waals surface area (Å²) < 4.78 is 0. The zero-order valence-electron chi connectivity index (χ0n) is 25.4. The molecule has 2 heterocycles. The number of carbonyl (C=O) groups excluding carboxylic acids is 2. The first-order chi connectivity index (χ1) is 21.8. The minimum atomic E-state index is -0.324. The molecule has 5 nitrogen and oxygen atoms in total. The van der Waals surface area contributed by atoms with Gasteiger partial charge < -0.3 is 11.1 Å². The molecular formula is C39H33N3O2S. The van der Waals surface area contributed by atoms with Crippen LogP contribution < -0.4 is 11.1 Å². The quantitative estimate of drug-likeness (QED) is 0.133. The van der Waals surface area contributed by atoms with E-state index in [1.807, 2.05) is 54.6 Å². The Labute approximate surface area is 267 Å². The molecular weight excluding hydrogens is 575 g/mol. The molecule has 0 saturated carbocycles. The number of allylic oxidation sites excluding steroid dienone is 1. The number of ketones is 1. The van der Waals surface area contributed by atoms with Crippen LogP contribution in [-0.4, -0.2) is 16.7 Å². The lowest BCUT2D eigenvalue weighted by Crippen LogP contribution is -2.12. The van der Waals surface area contributed by atoms with Crippen LogP contribution in [-0.2, 0) is 0 Å². The Hall–Kier alpha value is -5.33. The van der Waals surface area contributed by atoms with Gasteiger partial charge >= 0.3 is 0 Å². The summed E-state index contributed by atoms with van der Waals surface area (Å²) in [7, 11) is 0. The van der Waals surface area contributed by atoms with Crippen molar-refractivity contribution in [3.63, 3.8) is 0 Å². The second kappa shape index (κ2) is 12.7. The van der Waals surface area contributed by atoms with Crippen molar-refractivity contribution in [1.29, 1.82) is 0 Å². The number of aromatic nitrogens is 1. The van der Waals surface area contributed by atoms with E-state index >= 15 is 0 Å². The minimum Gasteiger partial charge on any atom is -0.397 e. The predicted molar refractivity (Wildman–Crippen MR) is 188 cm³/mol. The molecule has 3 N–H and O–H groups in total. The third-order valence-electron chi connectivity index (χ3n) is 7.79. The summed E-state index contributed by atoms with van der Waals surface area (Å²) in [6.07, 6.45) is 3.38. The van der Waals surface area contributed by atoms with Crippen LogP contribution in [0.15, 0.2) is 115 Å². The number of pyridine rings is 1. The number of amides is 1. The van der Waals surface area contributed by atoms with E-state index in [2.05, 4.69) is 62.5 Å². The fraction of sp³-hybridized carbons (Fsp3) is 0.103. The predicted octanol–water partition coefficient (Wildman–Crippen LogP) is 9.79. The highest BCUT2D eigenvalue weighted by molar-refractivity contribution is 7.21. The number of thiophene rings is 1. The third kappa shape index (κ3) is 6.47. The molecule has 0 bridgehead atoms. The lowest BCUT2D eigenvalue weighted by atomic mass is 9.99. The van der Waals surface area contributed by atoms with Crippen LogP contribution in [0.1, 0.15) is 56.5 Å². The van der Waals surface area contributed by atoms with Gasteiger partial charge in [-0.25, -0.2) is 4.98 Å². The van der Waals surface area contributed by atoms with Crippen molar-refractivity contribution in [2.75, 3.05) is 11.1 Å². The zero-order chi connectivity index (χ0) is 31.5. The number of aryl methyl sites for hydroxylation is 1. The molecule has 0 aliphatic rings. The Morgan fingerprint density at radius 3 is 2.20 bits per heavy atom. The Morgan fingerprint density at radius 2 is 1.53 bits per heavy atom. The number of fused-ring (bicyclic) bond motifs is 1. The molecule has 0 fully saturated rings. The molecule has 6 rings (SSSR count). The third-order valence-corrected chi connectivity index (χ3v) is 8.89. The van der Waals surface area contributed by atoms with Crippen LogP contribution >= 0.6 is 11.3 Å². The smallest absolute Gasteiger partial charge is 0.267 e. The summed E-state index contributed by atoms with van der Waals surface area (Å²) >= 11 is 1.28. The van der Waals surface area contributed by atoms with Crippen molar-refractivity contribution in [3.05, 3.63) is 142 Å². The maximum absolute atomic E-state index is 13.5. The van der Waals surface area contributed by atoms with Gasteiger partial charge in [-0.05, 0) is 71.5 Å². The molecule has 222 valence electrons. The van der Waals surface area contributed by atoms with Crippen molar-refractivity contribution >= 4 is 50.7 Å². The van der Waals surface area contributed by atoms with Gasteiger partial charge in [-0.15, -0.1) is 11.3 Å². The summed E-state index contributed by atoms with van der Waals surface area (Å²) in [5.41, 5.74) is 15.3. The number of anilines is 2. The maximum Gasteiger partial charge on any atom is 0.267 e. The van der Waals surface area contributed by atoms with Gasteiger partial charge in [0.2, 0.25) is 0 Å². The fourth-order valence-electron chi connectivity index (χ4n) is 5.17. The van der Waals surface area contributed by atoms with Gasteiger partial charge in [0.1, 0.15) is 9.71 Å². The molecule has 0 aliphatic heterocycles. The van der Waals surface area contributed by atoms with E-state index in [9.17, 15) is 9.59 Å². The van der Waals surface area contributed by atoms with Crippen LogP contribution in [0.25, 0.3) is 38.7 Å². The highest BCUT2D eigenvalue weighted by atomic mass is 32.1. The van der Waals surface area contributed by atoms with Crippen LogP contribution in [0.3, 0.4) is 0 Å². The van der Waals surface area contributed by atoms with E-state index in [-0.39, 0.29) is 11.7 Å². The largest absolute Gasteiger partial charge is 0.397 e. The van der Waals surface area contributed by atoms with Crippen molar-refractivity contribution in [2.45, 2.75) is 26.7 Å². The SMILES string of the molecule is Cc1ccc(-c2cc(-c3ccccc3)c3c(N)c(C(=O)Nc4ccc(C(=O)C=Cc5ccc(C(C)C)cc5)cc4)sc3n2)cc1. The standard InChI is InChI=1S/C39H33N3O2S/c1-24(2)27-16-11-26(12-17-27)13-22-34(43)30-18-20-31(21-19-30)41-38(44)37-36(40)35-32(28-7-5-4-6-8-28)23-33(42-39(35)45-37)29-14-9-25(3)10-15-29/h4-24H,40H2,1-3H3,(H,41,44). The summed E-state index contributed by atoms with van der Waals surface area (Å²) in [6, 6.07) is 35.3. The fourth-order valence-corrected chi connectivity index (χ4v) is 6.19.